The second-order valence-electron chi connectivity index (χ2n) is 3.61. The summed E-state index contributed by atoms with van der Waals surface area (Å²) in [6, 6.07) is 0. The minimum atomic E-state index is -3.60. The van der Waals surface area contributed by atoms with Crippen LogP contribution in [0.1, 0.15) is 47.0 Å². The molecular weight excluding hydrogens is 211 g/mol. The second kappa shape index (κ2) is 7.03. The van der Waals surface area contributed by atoms with E-state index < -0.39 is 7.60 Å². The summed E-state index contributed by atoms with van der Waals surface area (Å²) in [6.45, 7) is 7.72. The van der Waals surface area contributed by atoms with Crippen molar-refractivity contribution in [2.75, 3.05) is 6.61 Å². The lowest BCUT2D eigenvalue weighted by Gasteiger charge is -2.12. The van der Waals surface area contributed by atoms with Crippen LogP contribution in [0, 0.1) is 0 Å². The molecule has 1 unspecified atom stereocenters. The monoisotopic (exact) mass is 232 g/mol. The Labute approximate surface area is 92.4 Å². The molecule has 88 valence electrons. The van der Waals surface area contributed by atoms with Crippen molar-refractivity contribution in [3.63, 3.8) is 0 Å². The largest absolute Gasteiger partial charge is 0.362 e. The van der Waals surface area contributed by atoms with E-state index in [0.29, 0.717) is 11.7 Å². The van der Waals surface area contributed by atoms with Crippen LogP contribution in [-0.4, -0.2) is 11.5 Å². The van der Waals surface area contributed by atoms with Gasteiger partial charge < -0.3 is 9.42 Å². The van der Waals surface area contributed by atoms with Crippen LogP contribution in [0.4, 0.5) is 0 Å². The topological polar surface area (TPSA) is 46.5 Å². The van der Waals surface area contributed by atoms with Gasteiger partial charge >= 0.3 is 7.60 Å². The highest BCUT2D eigenvalue weighted by Gasteiger charge is 2.24. The average molecular weight is 232 g/mol. The fraction of sp³-hybridized carbons (Fsp3) is 0.727. The van der Waals surface area contributed by atoms with E-state index in [1.165, 1.54) is 0 Å². The van der Waals surface area contributed by atoms with Gasteiger partial charge in [-0.1, -0.05) is 13.3 Å². The van der Waals surface area contributed by atoms with Crippen molar-refractivity contribution < 1.29 is 14.0 Å². The lowest BCUT2D eigenvalue weighted by Crippen LogP contribution is -1.93. The van der Waals surface area contributed by atoms with Crippen molar-refractivity contribution >= 4 is 7.60 Å². The Morgan fingerprint density at radius 3 is 2.40 bits per heavy atom. The fourth-order valence-electron chi connectivity index (χ4n) is 1.16. The van der Waals surface area contributed by atoms with Crippen molar-refractivity contribution in [2.45, 2.75) is 47.0 Å². The van der Waals surface area contributed by atoms with E-state index in [-0.39, 0.29) is 6.61 Å². The molecule has 1 N–H and O–H groups in total. The lowest BCUT2D eigenvalue weighted by atomic mass is 10.2. The first-order chi connectivity index (χ1) is 6.94. The Morgan fingerprint density at radius 2 is 2.00 bits per heavy atom. The van der Waals surface area contributed by atoms with Crippen LogP contribution in [0.25, 0.3) is 0 Å². The third-order valence-electron chi connectivity index (χ3n) is 1.81. The summed E-state index contributed by atoms with van der Waals surface area (Å²) in [6.07, 6.45) is 2.45. The lowest BCUT2D eigenvalue weighted by molar-refractivity contribution is 0.279. The summed E-state index contributed by atoms with van der Waals surface area (Å²) in [5.74, 6) is 0. The van der Waals surface area contributed by atoms with Crippen molar-refractivity contribution in [2.24, 2.45) is 0 Å². The zero-order valence-corrected chi connectivity index (χ0v) is 10.9. The molecule has 0 amide bonds. The van der Waals surface area contributed by atoms with Crippen LogP contribution >= 0.6 is 7.60 Å². The van der Waals surface area contributed by atoms with Crippen molar-refractivity contribution in [3.8, 4) is 0 Å². The Hall–Kier alpha value is -0.330. The van der Waals surface area contributed by atoms with Crippen LogP contribution in [0.15, 0.2) is 16.6 Å². The Bertz CT molecular complexity index is 297. The number of hydrogen-bond donors (Lipinski definition) is 1. The normalized spacial score (nSPS) is 14.2. The van der Waals surface area contributed by atoms with Gasteiger partial charge in [-0.05, 0) is 39.2 Å². The molecule has 0 rings (SSSR count). The highest BCUT2D eigenvalue weighted by molar-refractivity contribution is 7.57. The molecule has 0 bridgehead atoms. The maximum Gasteiger partial charge on any atom is 0.362 e. The predicted octanol–water partition coefficient (Wildman–Crippen LogP) is 3.85. The van der Waals surface area contributed by atoms with Crippen molar-refractivity contribution in [3.05, 3.63) is 16.6 Å². The molecule has 0 spiro atoms. The highest BCUT2D eigenvalue weighted by atomic mass is 31.2. The van der Waals surface area contributed by atoms with E-state index in [1.807, 2.05) is 20.8 Å². The van der Waals surface area contributed by atoms with E-state index in [9.17, 15) is 9.46 Å². The molecule has 0 radical (unpaired) electrons. The minimum Gasteiger partial charge on any atom is -0.321 e. The molecule has 0 aliphatic rings. The van der Waals surface area contributed by atoms with Gasteiger partial charge in [0.15, 0.2) is 0 Å². The van der Waals surface area contributed by atoms with Crippen LogP contribution in [0.2, 0.25) is 0 Å². The smallest absolute Gasteiger partial charge is 0.321 e. The molecule has 0 heterocycles. The number of unbranched alkanes of at least 4 members (excludes halogenated alkanes) is 1. The summed E-state index contributed by atoms with van der Waals surface area (Å²) >= 11 is 0. The zero-order chi connectivity index (χ0) is 11.9. The SMILES string of the molecule is CCCCC(=C=C(C)C)P(=O)(O)OCC. The van der Waals surface area contributed by atoms with Crippen molar-refractivity contribution in [1.29, 1.82) is 0 Å². The van der Waals surface area contributed by atoms with Crippen LogP contribution in [0.3, 0.4) is 0 Å². The third kappa shape index (κ3) is 5.96. The molecule has 0 aromatic carbocycles. The fourth-order valence-corrected chi connectivity index (χ4v) is 2.47. The van der Waals surface area contributed by atoms with E-state index in [0.717, 1.165) is 18.4 Å². The van der Waals surface area contributed by atoms with E-state index in [4.69, 9.17) is 4.52 Å². The first-order valence-corrected chi connectivity index (χ1v) is 6.92. The number of rotatable bonds is 6. The zero-order valence-electron chi connectivity index (χ0n) is 10.0. The quantitative estimate of drug-likeness (QED) is 0.559. The van der Waals surface area contributed by atoms with Gasteiger partial charge in [0.05, 0.1) is 11.9 Å². The molecule has 15 heavy (non-hydrogen) atoms. The standard InChI is InChI=1S/C11H21O3P/c1-5-7-8-11(9-10(3)4)15(12,13)14-6-2/h5-8H2,1-4H3,(H,12,13). The molecule has 0 aromatic heterocycles. The van der Waals surface area contributed by atoms with E-state index >= 15 is 0 Å². The molecule has 1 atom stereocenters. The van der Waals surface area contributed by atoms with Gasteiger partial charge in [-0.2, -0.15) is 0 Å². The maximum absolute atomic E-state index is 11.8. The molecule has 0 aliphatic carbocycles. The summed E-state index contributed by atoms with van der Waals surface area (Å²) in [7, 11) is -3.60. The summed E-state index contributed by atoms with van der Waals surface area (Å²) in [5, 5.41) is 0.409. The average Bonchev–Trinajstić information content (AvgIpc) is 2.11. The molecule has 0 saturated carbocycles. The molecule has 0 fully saturated rings. The van der Waals surface area contributed by atoms with E-state index in [2.05, 4.69) is 5.73 Å². The predicted molar refractivity (Wildman–Crippen MR) is 62.9 cm³/mol. The highest BCUT2D eigenvalue weighted by Crippen LogP contribution is 2.52. The summed E-state index contributed by atoms with van der Waals surface area (Å²) in [5.41, 5.74) is 3.83. The van der Waals surface area contributed by atoms with Gasteiger partial charge in [0.1, 0.15) is 0 Å². The van der Waals surface area contributed by atoms with Gasteiger partial charge in [0, 0.05) is 0 Å². The van der Waals surface area contributed by atoms with Crippen molar-refractivity contribution in [1.82, 2.24) is 0 Å². The van der Waals surface area contributed by atoms with Gasteiger partial charge in [0.2, 0.25) is 0 Å². The molecule has 4 heteroatoms. The van der Waals surface area contributed by atoms with Crippen LogP contribution in [0.5, 0.6) is 0 Å². The van der Waals surface area contributed by atoms with Crippen LogP contribution < -0.4 is 0 Å². The summed E-state index contributed by atoms with van der Waals surface area (Å²) < 4.78 is 16.7. The maximum atomic E-state index is 11.8. The Morgan fingerprint density at radius 1 is 1.40 bits per heavy atom. The van der Waals surface area contributed by atoms with Gasteiger partial charge in [0.25, 0.3) is 0 Å². The number of allylic oxidation sites excluding steroid dienone is 1. The molecular formula is C11H21O3P. The first-order valence-electron chi connectivity index (χ1n) is 5.35. The Balaban J connectivity index is 4.95. The minimum absolute atomic E-state index is 0.244. The van der Waals surface area contributed by atoms with Crippen LogP contribution in [-0.2, 0) is 9.09 Å². The third-order valence-corrected chi connectivity index (χ3v) is 3.43. The van der Waals surface area contributed by atoms with Gasteiger partial charge in [-0.25, -0.2) is 0 Å². The second-order valence-corrected chi connectivity index (χ2v) is 5.45. The summed E-state index contributed by atoms with van der Waals surface area (Å²) in [4.78, 5) is 9.67. The van der Waals surface area contributed by atoms with E-state index in [1.54, 1.807) is 6.92 Å². The molecule has 0 aromatic rings. The Kier molecular flexibility index (Phi) is 6.87. The van der Waals surface area contributed by atoms with Gasteiger partial charge in [-0.3, -0.25) is 4.57 Å². The molecule has 3 nitrogen and oxygen atoms in total. The molecule has 0 aliphatic heterocycles. The first kappa shape index (κ1) is 14.7. The molecule has 0 saturated heterocycles. The van der Waals surface area contributed by atoms with Gasteiger partial charge in [-0.15, -0.1) is 5.73 Å². The number of hydrogen-bond acceptors (Lipinski definition) is 2.